The second-order valence-electron chi connectivity index (χ2n) is 7.11. The van der Waals surface area contributed by atoms with Gasteiger partial charge in [0.1, 0.15) is 17.5 Å². The SMILES string of the molecule is [C-]#[N+]CC1(n2ccc(-c3ncnc4[nH]ccc34)c2)CCN(S(=O)(=O)CC)CC1. The molecule has 28 heavy (non-hydrogen) atoms. The standard InChI is InChI=1S/C19H22N6O2S/c1-3-28(26,27)25-10-6-19(7-11-25,13-20-2)24-9-5-15(12-24)17-16-4-8-21-18(16)23-14-22-17/h4-5,8-9,12,14H,3,6-7,10-11,13H2,1H3,(H,21,22,23). The zero-order valence-electron chi connectivity index (χ0n) is 15.7. The molecule has 1 saturated heterocycles. The molecule has 1 N–H and O–H groups in total. The Morgan fingerprint density at radius 3 is 2.79 bits per heavy atom. The van der Waals surface area contributed by atoms with Gasteiger partial charge in [0.05, 0.1) is 11.4 Å². The summed E-state index contributed by atoms with van der Waals surface area (Å²) in [6, 6.07) is 3.95. The average Bonchev–Trinajstić information content (AvgIpc) is 3.38. The van der Waals surface area contributed by atoms with Crippen molar-refractivity contribution in [1.82, 2.24) is 23.8 Å². The van der Waals surface area contributed by atoms with Crippen LogP contribution in [-0.4, -0.2) is 57.6 Å². The van der Waals surface area contributed by atoms with E-state index in [0.29, 0.717) is 32.5 Å². The van der Waals surface area contributed by atoms with Crippen LogP contribution >= 0.6 is 0 Å². The summed E-state index contributed by atoms with van der Waals surface area (Å²) < 4.78 is 28.0. The zero-order valence-corrected chi connectivity index (χ0v) is 16.5. The highest BCUT2D eigenvalue weighted by Gasteiger charge is 2.41. The maximum Gasteiger partial charge on any atom is 0.237 e. The first-order valence-electron chi connectivity index (χ1n) is 9.27. The molecular weight excluding hydrogens is 376 g/mol. The van der Waals surface area contributed by atoms with Gasteiger partial charge >= 0.3 is 0 Å². The highest BCUT2D eigenvalue weighted by molar-refractivity contribution is 7.89. The van der Waals surface area contributed by atoms with Crippen molar-refractivity contribution in [2.75, 3.05) is 25.4 Å². The fraction of sp³-hybridized carbons (Fsp3) is 0.421. The molecule has 4 heterocycles. The Balaban J connectivity index is 1.66. The van der Waals surface area contributed by atoms with Crippen LogP contribution in [0.1, 0.15) is 19.8 Å². The first-order valence-corrected chi connectivity index (χ1v) is 10.9. The molecule has 3 aromatic rings. The van der Waals surface area contributed by atoms with E-state index >= 15 is 0 Å². The number of sulfonamides is 1. The third-order valence-electron chi connectivity index (χ3n) is 5.65. The predicted octanol–water partition coefficient (Wildman–Crippen LogP) is 2.49. The minimum absolute atomic E-state index is 0.108. The number of nitrogens with one attached hydrogen (secondary N) is 1. The fourth-order valence-electron chi connectivity index (χ4n) is 3.94. The maximum atomic E-state index is 12.2. The highest BCUT2D eigenvalue weighted by Crippen LogP contribution is 2.34. The predicted molar refractivity (Wildman–Crippen MR) is 107 cm³/mol. The van der Waals surface area contributed by atoms with E-state index < -0.39 is 15.6 Å². The number of fused-ring (bicyclic) bond motifs is 1. The van der Waals surface area contributed by atoms with Gasteiger partial charge in [0.2, 0.25) is 16.6 Å². The van der Waals surface area contributed by atoms with Gasteiger partial charge < -0.3 is 14.4 Å². The average molecular weight is 398 g/mol. The molecule has 1 aliphatic heterocycles. The van der Waals surface area contributed by atoms with Crippen LogP contribution in [0.3, 0.4) is 0 Å². The van der Waals surface area contributed by atoms with E-state index in [0.717, 1.165) is 22.3 Å². The summed E-state index contributed by atoms with van der Waals surface area (Å²) in [5.41, 5.74) is 2.19. The Hall–Kier alpha value is -2.70. The van der Waals surface area contributed by atoms with Gasteiger partial charge in [0.25, 0.3) is 0 Å². The van der Waals surface area contributed by atoms with Crippen molar-refractivity contribution in [3.8, 4) is 11.3 Å². The molecule has 8 nitrogen and oxygen atoms in total. The normalized spacial score (nSPS) is 17.6. The molecule has 0 saturated carbocycles. The molecule has 0 amide bonds. The molecule has 0 bridgehead atoms. The fourth-order valence-corrected chi connectivity index (χ4v) is 5.05. The van der Waals surface area contributed by atoms with Crippen molar-refractivity contribution >= 4 is 21.1 Å². The molecule has 4 rings (SSSR count). The number of rotatable bonds is 5. The van der Waals surface area contributed by atoms with Crippen molar-refractivity contribution in [2.45, 2.75) is 25.3 Å². The van der Waals surface area contributed by atoms with Crippen molar-refractivity contribution in [3.63, 3.8) is 0 Å². The largest absolute Gasteiger partial charge is 0.346 e. The van der Waals surface area contributed by atoms with Gasteiger partial charge in [0, 0.05) is 42.6 Å². The molecule has 0 aliphatic carbocycles. The first-order chi connectivity index (χ1) is 13.5. The maximum absolute atomic E-state index is 12.2. The van der Waals surface area contributed by atoms with Crippen LogP contribution in [0.5, 0.6) is 0 Å². The molecule has 1 fully saturated rings. The van der Waals surface area contributed by atoms with Crippen molar-refractivity contribution in [1.29, 1.82) is 0 Å². The number of H-pyrrole nitrogens is 1. The Labute approximate surface area is 164 Å². The van der Waals surface area contributed by atoms with Crippen molar-refractivity contribution in [2.24, 2.45) is 0 Å². The van der Waals surface area contributed by atoms with Crippen LogP contribution in [0.15, 0.2) is 37.1 Å². The molecule has 1 aliphatic rings. The first kappa shape index (κ1) is 18.7. The molecule has 0 spiro atoms. The summed E-state index contributed by atoms with van der Waals surface area (Å²) in [4.78, 5) is 15.4. The van der Waals surface area contributed by atoms with E-state index in [1.54, 1.807) is 11.2 Å². The Bertz CT molecular complexity index is 1130. The number of hydrogen-bond acceptors (Lipinski definition) is 4. The van der Waals surface area contributed by atoms with Crippen LogP contribution in [0.2, 0.25) is 0 Å². The molecular formula is C19H22N6O2S. The molecule has 0 radical (unpaired) electrons. The summed E-state index contributed by atoms with van der Waals surface area (Å²) in [6.45, 7) is 10.3. The summed E-state index contributed by atoms with van der Waals surface area (Å²) in [5.74, 6) is 0.108. The Morgan fingerprint density at radius 1 is 1.29 bits per heavy atom. The van der Waals surface area contributed by atoms with Crippen LogP contribution in [-0.2, 0) is 15.6 Å². The Morgan fingerprint density at radius 2 is 2.07 bits per heavy atom. The van der Waals surface area contributed by atoms with Crippen LogP contribution < -0.4 is 0 Å². The number of aromatic amines is 1. The van der Waals surface area contributed by atoms with E-state index in [4.69, 9.17) is 6.57 Å². The molecule has 146 valence electrons. The van der Waals surface area contributed by atoms with Crippen LogP contribution in [0, 0.1) is 6.57 Å². The Kier molecular flexibility index (Phi) is 4.69. The molecule has 0 aromatic carbocycles. The highest BCUT2D eigenvalue weighted by atomic mass is 32.2. The van der Waals surface area contributed by atoms with Crippen LogP contribution in [0.4, 0.5) is 0 Å². The summed E-state index contributed by atoms with van der Waals surface area (Å²) in [7, 11) is -3.20. The van der Waals surface area contributed by atoms with Gasteiger partial charge in [-0.15, -0.1) is 0 Å². The minimum Gasteiger partial charge on any atom is -0.346 e. The lowest BCUT2D eigenvalue weighted by Crippen LogP contribution is -2.49. The molecule has 3 aromatic heterocycles. The van der Waals surface area contributed by atoms with E-state index in [9.17, 15) is 8.42 Å². The third kappa shape index (κ3) is 3.08. The minimum atomic E-state index is -3.20. The molecule has 0 atom stereocenters. The van der Waals surface area contributed by atoms with E-state index in [1.165, 1.54) is 6.33 Å². The van der Waals surface area contributed by atoms with Gasteiger partial charge in [-0.1, -0.05) is 0 Å². The second kappa shape index (κ2) is 7.04. The quantitative estimate of drug-likeness (QED) is 0.669. The lowest BCUT2D eigenvalue weighted by Gasteiger charge is -2.39. The van der Waals surface area contributed by atoms with Crippen molar-refractivity contribution < 1.29 is 8.42 Å². The van der Waals surface area contributed by atoms with E-state index in [2.05, 4.69) is 24.4 Å². The van der Waals surface area contributed by atoms with Gasteiger partial charge in [-0.25, -0.2) is 29.3 Å². The lowest BCUT2D eigenvalue weighted by molar-refractivity contribution is 0.176. The number of piperidine rings is 1. The lowest BCUT2D eigenvalue weighted by atomic mass is 9.88. The smallest absolute Gasteiger partial charge is 0.237 e. The van der Waals surface area contributed by atoms with Crippen molar-refractivity contribution in [3.05, 3.63) is 48.5 Å². The molecule has 0 unspecified atom stereocenters. The topological polar surface area (TPSA) is 88.2 Å². The third-order valence-corrected chi connectivity index (χ3v) is 7.53. The number of nitrogens with zero attached hydrogens (tertiary/aromatic N) is 5. The van der Waals surface area contributed by atoms with Gasteiger partial charge in [-0.3, -0.25) is 0 Å². The summed E-state index contributed by atoms with van der Waals surface area (Å²) in [6.07, 6.45) is 8.60. The van der Waals surface area contributed by atoms with Gasteiger partial charge in [-0.05, 0) is 31.9 Å². The summed E-state index contributed by atoms with van der Waals surface area (Å²) in [5, 5.41) is 0.948. The molecule has 9 heteroatoms. The second-order valence-corrected chi connectivity index (χ2v) is 9.37. The zero-order chi connectivity index (χ0) is 19.8. The van der Waals surface area contributed by atoms with Gasteiger partial charge in [0.15, 0.2) is 0 Å². The van der Waals surface area contributed by atoms with Crippen LogP contribution in [0.25, 0.3) is 27.1 Å². The van der Waals surface area contributed by atoms with Gasteiger partial charge in [-0.2, -0.15) is 0 Å². The summed E-state index contributed by atoms with van der Waals surface area (Å²) >= 11 is 0. The number of hydrogen-bond donors (Lipinski definition) is 1. The van der Waals surface area contributed by atoms with E-state index in [1.807, 2.05) is 30.7 Å². The van der Waals surface area contributed by atoms with E-state index in [-0.39, 0.29) is 5.75 Å². The monoisotopic (exact) mass is 398 g/mol. The number of aromatic nitrogens is 4.